The predicted molar refractivity (Wildman–Crippen MR) is 106 cm³/mol. The molecule has 1 heterocycles. The van der Waals surface area contributed by atoms with Crippen LogP contribution >= 0.6 is 0 Å². The van der Waals surface area contributed by atoms with E-state index in [0.29, 0.717) is 5.69 Å². The third-order valence-corrected chi connectivity index (χ3v) is 4.89. The molecular weight excluding hydrogens is 398 g/mol. The van der Waals surface area contributed by atoms with Crippen LogP contribution in [0.1, 0.15) is 26.5 Å². The van der Waals surface area contributed by atoms with Crippen LogP contribution in [-0.2, 0) is 26.1 Å². The quantitative estimate of drug-likeness (QED) is 0.703. The number of nitrogens with zero attached hydrogens (tertiary/aromatic N) is 2. The van der Waals surface area contributed by atoms with E-state index in [2.05, 4.69) is 9.71 Å². The van der Waals surface area contributed by atoms with Crippen molar-refractivity contribution in [3.63, 3.8) is 0 Å². The molecule has 0 atom stereocenters. The lowest BCUT2D eigenvalue weighted by atomic mass is 10.2. The Balaban J connectivity index is 2.21. The minimum atomic E-state index is -3.74. The van der Waals surface area contributed by atoms with Crippen molar-refractivity contribution in [3.05, 3.63) is 54.2 Å². The number of nitrogens with one attached hydrogen (secondary N) is 1. The monoisotopic (exact) mass is 421 g/mol. The third kappa shape index (κ3) is 6.84. The zero-order chi connectivity index (χ0) is 21.7. The third-order valence-electron chi connectivity index (χ3n) is 3.47. The van der Waals surface area contributed by atoms with Gasteiger partial charge in [-0.15, -0.1) is 0 Å². The van der Waals surface area contributed by atoms with Crippen molar-refractivity contribution in [1.29, 1.82) is 0 Å². The Morgan fingerprint density at radius 1 is 1.10 bits per heavy atom. The van der Waals surface area contributed by atoms with E-state index in [1.54, 1.807) is 51.1 Å². The lowest BCUT2D eigenvalue weighted by molar-refractivity contribution is -0.135. The molecule has 0 saturated heterocycles. The average Bonchev–Trinajstić information content (AvgIpc) is 2.64. The topological polar surface area (TPSA) is 126 Å². The largest absolute Gasteiger partial charge is 0.480 e. The van der Waals surface area contributed by atoms with Gasteiger partial charge in [-0.1, -0.05) is 24.3 Å². The summed E-state index contributed by atoms with van der Waals surface area (Å²) in [6, 6.07) is 12.4. The zero-order valence-electron chi connectivity index (χ0n) is 16.3. The first-order valence-electron chi connectivity index (χ1n) is 8.71. The summed E-state index contributed by atoms with van der Waals surface area (Å²) >= 11 is 0. The lowest BCUT2D eigenvalue weighted by Crippen LogP contribution is -2.40. The second kappa shape index (κ2) is 9.01. The highest BCUT2D eigenvalue weighted by Crippen LogP contribution is 2.17. The van der Waals surface area contributed by atoms with Gasteiger partial charge in [0.1, 0.15) is 18.0 Å². The van der Waals surface area contributed by atoms with Crippen LogP contribution in [-0.4, -0.2) is 42.7 Å². The summed E-state index contributed by atoms with van der Waals surface area (Å²) in [7, 11) is -3.74. The van der Waals surface area contributed by atoms with Gasteiger partial charge in [-0.05, 0) is 45.0 Å². The van der Waals surface area contributed by atoms with Crippen LogP contribution in [0, 0.1) is 0 Å². The van der Waals surface area contributed by atoms with Crippen LogP contribution in [0.25, 0.3) is 0 Å². The van der Waals surface area contributed by atoms with Gasteiger partial charge < -0.3 is 9.84 Å². The van der Waals surface area contributed by atoms with Gasteiger partial charge in [-0.3, -0.25) is 9.69 Å². The van der Waals surface area contributed by atoms with Crippen molar-refractivity contribution < 1.29 is 27.9 Å². The number of sulfonamides is 1. The lowest BCUT2D eigenvalue weighted by Gasteiger charge is -2.26. The van der Waals surface area contributed by atoms with E-state index >= 15 is 0 Å². The van der Waals surface area contributed by atoms with Crippen molar-refractivity contribution >= 4 is 27.9 Å². The van der Waals surface area contributed by atoms with Crippen LogP contribution < -0.4 is 9.62 Å². The number of amides is 1. The number of benzene rings is 1. The van der Waals surface area contributed by atoms with Gasteiger partial charge in [0.2, 0.25) is 10.0 Å². The second-order valence-corrected chi connectivity index (χ2v) is 8.85. The molecule has 29 heavy (non-hydrogen) atoms. The Hall–Kier alpha value is -2.98. The molecule has 0 bridgehead atoms. The molecule has 1 amide bonds. The maximum atomic E-state index is 12.4. The number of anilines is 1. The molecule has 0 radical (unpaired) electrons. The van der Waals surface area contributed by atoms with Crippen molar-refractivity contribution in [2.75, 3.05) is 11.4 Å². The highest BCUT2D eigenvalue weighted by atomic mass is 32.2. The number of hydrogen-bond donors (Lipinski definition) is 2. The van der Waals surface area contributed by atoms with Crippen LogP contribution in [0.3, 0.4) is 0 Å². The summed E-state index contributed by atoms with van der Waals surface area (Å²) < 4.78 is 32.3. The Morgan fingerprint density at radius 2 is 1.76 bits per heavy atom. The maximum Gasteiger partial charge on any atom is 0.416 e. The van der Waals surface area contributed by atoms with Crippen LogP contribution in [0.15, 0.2) is 53.4 Å². The summed E-state index contributed by atoms with van der Waals surface area (Å²) in [4.78, 5) is 28.8. The molecular formula is C19H23N3O6S. The smallest absolute Gasteiger partial charge is 0.416 e. The van der Waals surface area contributed by atoms with Gasteiger partial charge in [0.25, 0.3) is 0 Å². The maximum absolute atomic E-state index is 12.4. The number of rotatable bonds is 7. The fraction of sp³-hybridized carbons (Fsp3) is 0.316. The number of hydrogen-bond acceptors (Lipinski definition) is 6. The molecule has 10 heteroatoms. The number of carbonyl (C=O) groups is 2. The van der Waals surface area contributed by atoms with Crippen LogP contribution in [0.2, 0.25) is 0 Å². The molecule has 156 valence electrons. The molecule has 0 aliphatic rings. The fourth-order valence-electron chi connectivity index (χ4n) is 2.26. The van der Waals surface area contributed by atoms with Crippen molar-refractivity contribution in [1.82, 2.24) is 9.71 Å². The number of carbonyl (C=O) groups excluding carboxylic acids is 1. The van der Waals surface area contributed by atoms with E-state index in [9.17, 15) is 18.0 Å². The Kier molecular flexibility index (Phi) is 6.93. The zero-order valence-corrected chi connectivity index (χ0v) is 17.1. The van der Waals surface area contributed by atoms with E-state index in [4.69, 9.17) is 9.84 Å². The molecule has 0 aliphatic heterocycles. The molecule has 1 aromatic heterocycles. The molecule has 0 unspecified atom stereocenters. The second-order valence-electron chi connectivity index (χ2n) is 7.08. The molecule has 1 aromatic carbocycles. The van der Waals surface area contributed by atoms with Gasteiger partial charge in [0.05, 0.1) is 17.1 Å². The SMILES string of the molecule is CC(C)(C)OC(=O)N(CC(=O)O)c1cccc(CNS(=O)(=O)c2ccccc2)n1. The Labute approximate surface area is 169 Å². The molecule has 0 aliphatic carbocycles. The molecule has 0 fully saturated rings. The first-order valence-corrected chi connectivity index (χ1v) is 10.2. The van der Waals surface area contributed by atoms with Crippen molar-refractivity contribution in [3.8, 4) is 0 Å². The standard InChI is InChI=1S/C19H23N3O6S/c1-19(2,3)28-18(25)22(13-17(23)24)16-11-7-8-14(21-16)12-20-29(26,27)15-9-5-4-6-10-15/h4-11,20H,12-13H2,1-3H3,(H,23,24). The van der Waals surface area contributed by atoms with Gasteiger partial charge in [0.15, 0.2) is 0 Å². The summed E-state index contributed by atoms with van der Waals surface area (Å²) in [5, 5.41) is 9.13. The fourth-order valence-corrected chi connectivity index (χ4v) is 3.28. The Morgan fingerprint density at radius 3 is 2.34 bits per heavy atom. The summed E-state index contributed by atoms with van der Waals surface area (Å²) in [5.74, 6) is -1.20. The van der Waals surface area contributed by atoms with Crippen LogP contribution in [0.5, 0.6) is 0 Å². The minimum absolute atomic E-state index is 0.0399. The molecule has 2 aromatic rings. The van der Waals surface area contributed by atoms with Crippen molar-refractivity contribution in [2.24, 2.45) is 0 Å². The first kappa shape index (κ1) is 22.3. The highest BCUT2D eigenvalue weighted by Gasteiger charge is 2.26. The number of carboxylic acids is 1. The normalized spacial score (nSPS) is 11.7. The summed E-state index contributed by atoms with van der Waals surface area (Å²) in [6.07, 6.45) is -0.866. The number of aromatic nitrogens is 1. The predicted octanol–water partition coefficient (Wildman–Crippen LogP) is 2.39. The van der Waals surface area contributed by atoms with E-state index in [1.807, 2.05) is 0 Å². The first-order chi connectivity index (χ1) is 13.5. The van der Waals surface area contributed by atoms with E-state index < -0.39 is 34.2 Å². The minimum Gasteiger partial charge on any atom is -0.480 e. The van der Waals surface area contributed by atoms with E-state index in [0.717, 1.165) is 4.90 Å². The molecule has 2 rings (SSSR count). The number of carboxylic acid groups (broad SMARTS) is 1. The highest BCUT2D eigenvalue weighted by molar-refractivity contribution is 7.89. The Bertz CT molecular complexity index is 971. The molecule has 0 saturated carbocycles. The van der Waals surface area contributed by atoms with Crippen LogP contribution in [0.4, 0.5) is 10.6 Å². The number of ether oxygens (including phenoxy) is 1. The van der Waals surface area contributed by atoms with Crippen molar-refractivity contribution in [2.45, 2.75) is 37.8 Å². The van der Waals surface area contributed by atoms with Gasteiger partial charge in [-0.25, -0.2) is 22.9 Å². The molecule has 9 nitrogen and oxygen atoms in total. The average molecular weight is 421 g/mol. The number of aliphatic carboxylic acids is 1. The summed E-state index contributed by atoms with van der Waals surface area (Å²) in [5.41, 5.74) is -0.516. The van der Waals surface area contributed by atoms with Gasteiger partial charge in [-0.2, -0.15) is 0 Å². The van der Waals surface area contributed by atoms with Gasteiger partial charge in [0, 0.05) is 0 Å². The molecule has 2 N–H and O–H groups in total. The van der Waals surface area contributed by atoms with Gasteiger partial charge >= 0.3 is 12.1 Å². The number of pyridine rings is 1. The van der Waals surface area contributed by atoms with E-state index in [1.165, 1.54) is 18.2 Å². The molecule has 0 spiro atoms. The summed E-state index contributed by atoms with van der Waals surface area (Å²) in [6.45, 7) is 4.19. The van der Waals surface area contributed by atoms with E-state index in [-0.39, 0.29) is 17.3 Å².